The highest BCUT2D eigenvalue weighted by Gasteiger charge is 2.38. The molecule has 2 heterocycles. The largest absolute Gasteiger partial charge is 0.329 e. The van der Waals surface area contributed by atoms with Gasteiger partial charge in [-0.2, -0.15) is 5.10 Å². The molecule has 1 saturated heterocycles. The molecule has 0 bridgehead atoms. The SMILES string of the molecule is Cc1c(C(=O)N2CCN(C3CC3)CC2c2ccccc2)cnn1-c1ccccc1. The van der Waals surface area contributed by atoms with E-state index in [9.17, 15) is 4.79 Å². The molecule has 1 atom stereocenters. The van der Waals surface area contributed by atoms with Gasteiger partial charge in [0.15, 0.2) is 0 Å². The maximum absolute atomic E-state index is 13.6. The van der Waals surface area contributed by atoms with Crippen molar-refractivity contribution in [3.8, 4) is 5.69 Å². The molecule has 5 nitrogen and oxygen atoms in total. The van der Waals surface area contributed by atoms with Crippen LogP contribution in [0.3, 0.4) is 0 Å². The van der Waals surface area contributed by atoms with Crippen molar-refractivity contribution in [2.75, 3.05) is 19.6 Å². The second kappa shape index (κ2) is 7.48. The highest BCUT2D eigenvalue weighted by atomic mass is 16.2. The molecule has 2 aliphatic rings. The van der Waals surface area contributed by atoms with Gasteiger partial charge in [0.25, 0.3) is 5.91 Å². The van der Waals surface area contributed by atoms with E-state index in [-0.39, 0.29) is 11.9 Å². The summed E-state index contributed by atoms with van der Waals surface area (Å²) in [5.74, 6) is 0.0778. The van der Waals surface area contributed by atoms with Gasteiger partial charge in [-0.05, 0) is 37.5 Å². The molecule has 2 aromatic carbocycles. The summed E-state index contributed by atoms with van der Waals surface area (Å²) < 4.78 is 1.85. The zero-order valence-corrected chi connectivity index (χ0v) is 16.7. The van der Waals surface area contributed by atoms with Gasteiger partial charge < -0.3 is 4.90 Å². The molecular weight excluding hydrogens is 360 g/mol. The van der Waals surface area contributed by atoms with E-state index in [0.717, 1.165) is 31.0 Å². The lowest BCUT2D eigenvalue weighted by Gasteiger charge is -2.42. The van der Waals surface area contributed by atoms with E-state index in [1.807, 2.05) is 52.9 Å². The third-order valence-corrected chi connectivity index (χ3v) is 6.16. The number of nitrogens with zero attached hydrogens (tertiary/aromatic N) is 4. The Morgan fingerprint density at radius 2 is 1.66 bits per heavy atom. The van der Waals surface area contributed by atoms with Gasteiger partial charge in [0, 0.05) is 25.7 Å². The minimum Gasteiger partial charge on any atom is -0.329 e. The van der Waals surface area contributed by atoms with Crippen LogP contribution in [0.1, 0.15) is 40.5 Å². The smallest absolute Gasteiger partial charge is 0.257 e. The van der Waals surface area contributed by atoms with Crippen LogP contribution in [0.2, 0.25) is 0 Å². The van der Waals surface area contributed by atoms with Crippen LogP contribution in [0.5, 0.6) is 0 Å². The van der Waals surface area contributed by atoms with E-state index in [2.05, 4.69) is 34.3 Å². The van der Waals surface area contributed by atoms with Crippen LogP contribution in [0.25, 0.3) is 5.69 Å². The summed E-state index contributed by atoms with van der Waals surface area (Å²) in [6.07, 6.45) is 4.30. The molecule has 0 radical (unpaired) electrons. The molecule has 3 aromatic rings. The van der Waals surface area contributed by atoms with Crippen molar-refractivity contribution in [1.82, 2.24) is 19.6 Å². The van der Waals surface area contributed by atoms with Gasteiger partial charge in [0.05, 0.1) is 29.2 Å². The Labute approximate surface area is 171 Å². The Balaban J connectivity index is 1.45. The lowest BCUT2D eigenvalue weighted by atomic mass is 10.0. The van der Waals surface area contributed by atoms with Crippen LogP contribution >= 0.6 is 0 Å². The van der Waals surface area contributed by atoms with Gasteiger partial charge in [-0.3, -0.25) is 9.69 Å². The molecule has 1 saturated carbocycles. The summed E-state index contributed by atoms with van der Waals surface area (Å²) in [5, 5.41) is 4.51. The van der Waals surface area contributed by atoms with Crippen LogP contribution in [0.4, 0.5) is 0 Å². The first-order valence-electron chi connectivity index (χ1n) is 10.4. The minimum absolute atomic E-state index is 0.0778. The lowest BCUT2D eigenvalue weighted by Crippen LogP contribution is -2.51. The summed E-state index contributed by atoms with van der Waals surface area (Å²) >= 11 is 0. The van der Waals surface area contributed by atoms with Gasteiger partial charge in [-0.1, -0.05) is 48.5 Å². The lowest BCUT2D eigenvalue weighted by molar-refractivity contribution is 0.0432. The molecule has 5 rings (SSSR count). The van der Waals surface area contributed by atoms with Gasteiger partial charge in [0.2, 0.25) is 0 Å². The Hall–Kier alpha value is -2.92. The van der Waals surface area contributed by atoms with Crippen LogP contribution in [-0.2, 0) is 0 Å². The highest BCUT2D eigenvalue weighted by molar-refractivity contribution is 5.95. The molecule has 1 unspecified atom stereocenters. The molecular formula is C24H26N4O. The monoisotopic (exact) mass is 386 g/mol. The summed E-state index contributed by atoms with van der Waals surface area (Å²) in [4.78, 5) is 18.2. The minimum atomic E-state index is 0.0778. The number of hydrogen-bond donors (Lipinski definition) is 0. The Bertz CT molecular complexity index is 994. The van der Waals surface area contributed by atoms with Crippen molar-refractivity contribution in [1.29, 1.82) is 0 Å². The van der Waals surface area contributed by atoms with Crippen LogP contribution < -0.4 is 0 Å². The number of para-hydroxylation sites is 1. The molecule has 1 amide bonds. The van der Waals surface area contributed by atoms with Crippen molar-refractivity contribution in [2.24, 2.45) is 0 Å². The first-order valence-corrected chi connectivity index (χ1v) is 10.4. The average Bonchev–Trinajstić information content (AvgIpc) is 3.56. The van der Waals surface area contributed by atoms with Crippen molar-refractivity contribution in [3.05, 3.63) is 83.7 Å². The molecule has 0 N–H and O–H groups in total. The van der Waals surface area contributed by atoms with E-state index in [1.54, 1.807) is 6.20 Å². The fourth-order valence-electron chi connectivity index (χ4n) is 4.38. The van der Waals surface area contributed by atoms with Crippen LogP contribution in [0, 0.1) is 6.92 Å². The van der Waals surface area contributed by atoms with E-state index in [4.69, 9.17) is 0 Å². The predicted octanol–water partition coefficient (Wildman–Crippen LogP) is 3.84. The predicted molar refractivity (Wildman–Crippen MR) is 113 cm³/mol. The quantitative estimate of drug-likeness (QED) is 0.684. The van der Waals surface area contributed by atoms with E-state index in [1.165, 1.54) is 18.4 Å². The first-order chi connectivity index (χ1) is 14.2. The van der Waals surface area contributed by atoms with Crippen LogP contribution in [-0.4, -0.2) is 51.2 Å². The molecule has 148 valence electrons. The number of aromatic nitrogens is 2. The number of amides is 1. The fraction of sp³-hybridized carbons (Fsp3) is 0.333. The van der Waals surface area contributed by atoms with E-state index < -0.39 is 0 Å². The van der Waals surface area contributed by atoms with Crippen molar-refractivity contribution < 1.29 is 4.79 Å². The molecule has 5 heteroatoms. The number of hydrogen-bond acceptors (Lipinski definition) is 3. The van der Waals surface area contributed by atoms with Crippen molar-refractivity contribution in [3.63, 3.8) is 0 Å². The zero-order valence-electron chi connectivity index (χ0n) is 16.7. The Morgan fingerprint density at radius 1 is 0.966 bits per heavy atom. The number of benzene rings is 2. The average molecular weight is 386 g/mol. The topological polar surface area (TPSA) is 41.4 Å². The fourth-order valence-corrected chi connectivity index (χ4v) is 4.38. The highest BCUT2D eigenvalue weighted by Crippen LogP contribution is 2.34. The van der Waals surface area contributed by atoms with Gasteiger partial charge in [0.1, 0.15) is 0 Å². The van der Waals surface area contributed by atoms with Crippen molar-refractivity contribution in [2.45, 2.75) is 31.8 Å². The zero-order chi connectivity index (χ0) is 19.8. The third kappa shape index (κ3) is 3.47. The van der Waals surface area contributed by atoms with E-state index >= 15 is 0 Å². The van der Waals surface area contributed by atoms with Gasteiger partial charge >= 0.3 is 0 Å². The molecule has 29 heavy (non-hydrogen) atoms. The summed E-state index contributed by atoms with van der Waals surface area (Å²) in [6.45, 7) is 4.59. The third-order valence-electron chi connectivity index (χ3n) is 6.16. The second-order valence-corrected chi connectivity index (χ2v) is 8.04. The molecule has 2 fully saturated rings. The number of carbonyl (C=O) groups excluding carboxylic acids is 1. The normalized spacial score (nSPS) is 20.0. The number of carbonyl (C=O) groups is 1. The maximum Gasteiger partial charge on any atom is 0.257 e. The molecule has 0 spiro atoms. The summed E-state index contributed by atoms with van der Waals surface area (Å²) in [7, 11) is 0. The van der Waals surface area contributed by atoms with Crippen LogP contribution in [0.15, 0.2) is 66.9 Å². The first kappa shape index (κ1) is 18.1. The number of rotatable bonds is 4. The molecule has 1 aliphatic heterocycles. The summed E-state index contributed by atoms with van der Waals surface area (Å²) in [5.41, 5.74) is 3.76. The summed E-state index contributed by atoms with van der Waals surface area (Å²) in [6, 6.07) is 21.2. The van der Waals surface area contributed by atoms with E-state index in [0.29, 0.717) is 11.6 Å². The maximum atomic E-state index is 13.6. The Morgan fingerprint density at radius 3 is 2.34 bits per heavy atom. The van der Waals surface area contributed by atoms with Crippen molar-refractivity contribution >= 4 is 5.91 Å². The number of piperazine rings is 1. The Kier molecular flexibility index (Phi) is 4.68. The molecule has 1 aliphatic carbocycles. The second-order valence-electron chi connectivity index (χ2n) is 8.04. The van der Waals surface area contributed by atoms with Gasteiger partial charge in [-0.15, -0.1) is 0 Å². The molecule has 1 aromatic heterocycles. The standard InChI is InChI=1S/C24H26N4O/c1-18-22(16-25-28(18)21-10-6-3-7-11-21)24(29)27-15-14-26(20-12-13-20)17-23(27)19-8-4-2-5-9-19/h2-11,16,20,23H,12-15,17H2,1H3. The van der Waals surface area contributed by atoms with Gasteiger partial charge in [-0.25, -0.2) is 4.68 Å².